The Hall–Kier alpha value is -2.11. The smallest absolute Gasteiger partial charge is 0.259 e. The van der Waals surface area contributed by atoms with Gasteiger partial charge in [0.1, 0.15) is 0 Å². The number of carbonyl (C=O) groups excluding carboxylic acids is 1. The summed E-state index contributed by atoms with van der Waals surface area (Å²) in [4.78, 5) is 11.9. The number of aromatic nitrogens is 4. The second kappa shape index (κ2) is 3.80. The van der Waals surface area contributed by atoms with Crippen molar-refractivity contribution < 1.29 is 4.79 Å². The SMILES string of the molecule is Cc1n[nH]c(C)c1NC(=O)c1cn[nH]c1C. The van der Waals surface area contributed by atoms with Gasteiger partial charge in [-0.2, -0.15) is 10.2 Å². The highest BCUT2D eigenvalue weighted by Crippen LogP contribution is 2.17. The summed E-state index contributed by atoms with van der Waals surface area (Å²) in [6.45, 7) is 5.50. The van der Waals surface area contributed by atoms with Crippen molar-refractivity contribution >= 4 is 11.6 Å². The van der Waals surface area contributed by atoms with Crippen molar-refractivity contribution in [2.45, 2.75) is 20.8 Å². The topological polar surface area (TPSA) is 86.5 Å². The number of H-pyrrole nitrogens is 2. The lowest BCUT2D eigenvalue weighted by Gasteiger charge is -2.03. The summed E-state index contributed by atoms with van der Waals surface area (Å²) in [5.41, 5.74) is 3.63. The molecule has 0 bridgehead atoms. The number of amides is 1. The summed E-state index contributed by atoms with van der Waals surface area (Å²) in [7, 11) is 0. The fraction of sp³-hybridized carbons (Fsp3) is 0.300. The number of nitrogens with zero attached hydrogens (tertiary/aromatic N) is 2. The van der Waals surface area contributed by atoms with E-state index in [9.17, 15) is 4.79 Å². The zero-order chi connectivity index (χ0) is 11.7. The molecule has 0 aromatic carbocycles. The lowest BCUT2D eigenvalue weighted by atomic mass is 10.2. The van der Waals surface area contributed by atoms with Crippen LogP contribution in [0.15, 0.2) is 6.20 Å². The lowest BCUT2D eigenvalue weighted by Crippen LogP contribution is -2.13. The Bertz CT molecular complexity index is 506. The molecule has 6 heteroatoms. The molecule has 2 rings (SSSR count). The number of hydrogen-bond acceptors (Lipinski definition) is 3. The number of nitrogens with one attached hydrogen (secondary N) is 3. The molecule has 0 aliphatic rings. The van der Waals surface area contributed by atoms with Crippen LogP contribution in [0.25, 0.3) is 0 Å². The number of aromatic amines is 2. The minimum Gasteiger partial charge on any atom is -0.319 e. The average molecular weight is 219 g/mol. The third kappa shape index (κ3) is 1.69. The molecule has 84 valence electrons. The Morgan fingerprint density at radius 2 is 2.00 bits per heavy atom. The first-order valence-electron chi connectivity index (χ1n) is 4.92. The number of rotatable bonds is 2. The van der Waals surface area contributed by atoms with Gasteiger partial charge in [0, 0.05) is 5.69 Å². The van der Waals surface area contributed by atoms with Crippen molar-refractivity contribution in [3.63, 3.8) is 0 Å². The number of hydrogen-bond donors (Lipinski definition) is 3. The summed E-state index contributed by atoms with van der Waals surface area (Å²) in [6, 6.07) is 0. The fourth-order valence-corrected chi connectivity index (χ4v) is 1.50. The van der Waals surface area contributed by atoms with Gasteiger partial charge in [-0.05, 0) is 20.8 Å². The molecule has 0 saturated carbocycles. The molecular weight excluding hydrogens is 206 g/mol. The van der Waals surface area contributed by atoms with Crippen LogP contribution in [0.3, 0.4) is 0 Å². The Labute approximate surface area is 92.5 Å². The van der Waals surface area contributed by atoms with Gasteiger partial charge in [-0.15, -0.1) is 0 Å². The minimum absolute atomic E-state index is 0.182. The minimum atomic E-state index is -0.182. The van der Waals surface area contributed by atoms with E-state index in [4.69, 9.17) is 0 Å². The van der Waals surface area contributed by atoms with E-state index in [1.54, 1.807) is 6.92 Å². The Kier molecular flexibility index (Phi) is 2.47. The van der Waals surface area contributed by atoms with Gasteiger partial charge in [-0.3, -0.25) is 15.0 Å². The zero-order valence-corrected chi connectivity index (χ0v) is 9.38. The molecule has 0 aliphatic carbocycles. The zero-order valence-electron chi connectivity index (χ0n) is 9.38. The maximum atomic E-state index is 11.9. The molecule has 0 aliphatic heterocycles. The molecule has 0 fully saturated rings. The largest absolute Gasteiger partial charge is 0.319 e. The van der Waals surface area contributed by atoms with Gasteiger partial charge >= 0.3 is 0 Å². The van der Waals surface area contributed by atoms with Crippen molar-refractivity contribution in [1.29, 1.82) is 0 Å². The molecule has 0 radical (unpaired) electrons. The number of anilines is 1. The molecule has 16 heavy (non-hydrogen) atoms. The van der Waals surface area contributed by atoms with Gasteiger partial charge in [0.15, 0.2) is 0 Å². The lowest BCUT2D eigenvalue weighted by molar-refractivity contribution is 0.102. The van der Waals surface area contributed by atoms with Crippen LogP contribution in [0, 0.1) is 20.8 Å². The highest BCUT2D eigenvalue weighted by Gasteiger charge is 2.14. The Balaban J connectivity index is 2.24. The van der Waals surface area contributed by atoms with Gasteiger partial charge < -0.3 is 5.32 Å². The normalized spacial score (nSPS) is 10.4. The summed E-state index contributed by atoms with van der Waals surface area (Å²) in [5, 5.41) is 16.2. The third-order valence-corrected chi connectivity index (χ3v) is 2.44. The predicted octanol–water partition coefficient (Wildman–Crippen LogP) is 1.31. The van der Waals surface area contributed by atoms with Crippen molar-refractivity contribution in [3.05, 3.63) is 28.8 Å². The van der Waals surface area contributed by atoms with Gasteiger partial charge in [0.25, 0.3) is 5.91 Å². The van der Waals surface area contributed by atoms with E-state index in [1.807, 2.05) is 13.8 Å². The van der Waals surface area contributed by atoms with Crippen LogP contribution >= 0.6 is 0 Å². The molecule has 0 spiro atoms. The van der Waals surface area contributed by atoms with E-state index >= 15 is 0 Å². The van der Waals surface area contributed by atoms with Crippen LogP contribution in [0.2, 0.25) is 0 Å². The van der Waals surface area contributed by atoms with Crippen LogP contribution < -0.4 is 5.32 Å². The van der Waals surface area contributed by atoms with E-state index in [-0.39, 0.29) is 5.91 Å². The third-order valence-electron chi connectivity index (χ3n) is 2.44. The number of aryl methyl sites for hydroxylation is 3. The molecule has 1 amide bonds. The molecule has 0 unspecified atom stereocenters. The van der Waals surface area contributed by atoms with E-state index in [0.717, 1.165) is 22.8 Å². The Morgan fingerprint density at radius 1 is 1.25 bits per heavy atom. The van der Waals surface area contributed by atoms with E-state index < -0.39 is 0 Å². The average Bonchev–Trinajstić information content (AvgIpc) is 2.79. The predicted molar refractivity (Wildman–Crippen MR) is 59.3 cm³/mol. The molecule has 2 aromatic rings. The quantitative estimate of drug-likeness (QED) is 0.711. The van der Waals surface area contributed by atoms with Crippen LogP contribution in [0.1, 0.15) is 27.4 Å². The fourth-order valence-electron chi connectivity index (χ4n) is 1.50. The molecule has 2 aromatic heterocycles. The summed E-state index contributed by atoms with van der Waals surface area (Å²) in [5.74, 6) is -0.182. The van der Waals surface area contributed by atoms with E-state index in [0.29, 0.717) is 5.56 Å². The van der Waals surface area contributed by atoms with Crippen molar-refractivity contribution in [3.8, 4) is 0 Å². The molecule has 3 N–H and O–H groups in total. The second-order valence-electron chi connectivity index (χ2n) is 3.67. The van der Waals surface area contributed by atoms with Gasteiger partial charge in [0.05, 0.1) is 28.8 Å². The Morgan fingerprint density at radius 3 is 2.50 bits per heavy atom. The van der Waals surface area contributed by atoms with Crippen molar-refractivity contribution in [2.24, 2.45) is 0 Å². The second-order valence-corrected chi connectivity index (χ2v) is 3.67. The first kappa shape index (κ1) is 10.4. The molecular formula is C10H13N5O. The van der Waals surface area contributed by atoms with Crippen LogP contribution in [-0.2, 0) is 0 Å². The summed E-state index contributed by atoms with van der Waals surface area (Å²) in [6.07, 6.45) is 1.51. The highest BCUT2D eigenvalue weighted by atomic mass is 16.1. The standard InChI is InChI=1S/C10H13N5O/c1-5-8(4-11-13-5)10(16)12-9-6(2)14-15-7(9)3/h4H,1-3H3,(H,11,13)(H,12,16)(H,14,15). The maximum absolute atomic E-state index is 11.9. The molecule has 2 heterocycles. The van der Waals surface area contributed by atoms with Crippen LogP contribution in [-0.4, -0.2) is 26.3 Å². The molecule has 6 nitrogen and oxygen atoms in total. The maximum Gasteiger partial charge on any atom is 0.259 e. The monoisotopic (exact) mass is 219 g/mol. The molecule has 0 atom stereocenters. The van der Waals surface area contributed by atoms with Crippen molar-refractivity contribution in [2.75, 3.05) is 5.32 Å². The van der Waals surface area contributed by atoms with Gasteiger partial charge in [-0.25, -0.2) is 0 Å². The van der Waals surface area contributed by atoms with E-state index in [1.165, 1.54) is 6.20 Å². The first-order valence-corrected chi connectivity index (χ1v) is 4.92. The summed E-state index contributed by atoms with van der Waals surface area (Å²) >= 11 is 0. The van der Waals surface area contributed by atoms with E-state index in [2.05, 4.69) is 25.7 Å². The van der Waals surface area contributed by atoms with Crippen LogP contribution in [0.4, 0.5) is 5.69 Å². The van der Waals surface area contributed by atoms with Crippen LogP contribution in [0.5, 0.6) is 0 Å². The highest BCUT2D eigenvalue weighted by molar-refractivity contribution is 6.05. The summed E-state index contributed by atoms with van der Waals surface area (Å²) < 4.78 is 0. The molecule has 0 saturated heterocycles. The van der Waals surface area contributed by atoms with Crippen molar-refractivity contribution in [1.82, 2.24) is 20.4 Å². The first-order chi connectivity index (χ1) is 7.59. The number of carbonyl (C=O) groups is 1. The van der Waals surface area contributed by atoms with Gasteiger partial charge in [0.2, 0.25) is 0 Å². The van der Waals surface area contributed by atoms with Gasteiger partial charge in [-0.1, -0.05) is 0 Å².